The van der Waals surface area contributed by atoms with Gasteiger partial charge in [-0.2, -0.15) is 0 Å². The highest BCUT2D eigenvalue weighted by molar-refractivity contribution is 7.99. The van der Waals surface area contributed by atoms with E-state index < -0.39 is 0 Å². The molecule has 98 valence electrons. The number of fused-ring (bicyclic) bond motifs is 1. The minimum atomic E-state index is 0.523. The van der Waals surface area contributed by atoms with Gasteiger partial charge in [0.2, 0.25) is 0 Å². The first kappa shape index (κ1) is 12.5. The number of rotatable bonds is 2. The highest BCUT2D eigenvalue weighted by atomic mass is 32.2. The number of aromatic nitrogens is 2. The second kappa shape index (κ2) is 5.61. The number of thioether (sulfide) groups is 1. The summed E-state index contributed by atoms with van der Waals surface area (Å²) in [4.78, 5) is 8.75. The monoisotopic (exact) mass is 271 g/mol. The van der Waals surface area contributed by atoms with E-state index in [1.54, 1.807) is 11.8 Å². The molecule has 0 amide bonds. The van der Waals surface area contributed by atoms with Crippen molar-refractivity contribution in [3.63, 3.8) is 0 Å². The van der Waals surface area contributed by atoms with Crippen molar-refractivity contribution < 1.29 is 0 Å². The Labute approximate surface area is 117 Å². The average Bonchev–Trinajstić information content (AvgIpc) is 2.64. The van der Waals surface area contributed by atoms with Gasteiger partial charge < -0.3 is 5.32 Å². The van der Waals surface area contributed by atoms with Gasteiger partial charge in [0, 0.05) is 29.9 Å². The Kier molecular flexibility index (Phi) is 3.69. The maximum atomic E-state index is 4.38. The number of nitrogens with one attached hydrogen (secondary N) is 1. The van der Waals surface area contributed by atoms with Crippen LogP contribution in [0.25, 0.3) is 0 Å². The minimum absolute atomic E-state index is 0.523. The molecule has 0 aliphatic carbocycles. The normalized spacial score (nSPS) is 18.3. The van der Waals surface area contributed by atoms with Crippen LogP contribution in [0.2, 0.25) is 0 Å². The van der Waals surface area contributed by atoms with Gasteiger partial charge >= 0.3 is 0 Å². The van der Waals surface area contributed by atoms with Gasteiger partial charge in [0.1, 0.15) is 0 Å². The van der Waals surface area contributed by atoms with Crippen LogP contribution in [0, 0.1) is 6.92 Å². The Balaban J connectivity index is 1.67. The number of nitrogens with zero attached hydrogens (tertiary/aromatic N) is 2. The van der Waals surface area contributed by atoms with Crippen LogP contribution in [0.15, 0.2) is 41.8 Å². The van der Waals surface area contributed by atoms with Crippen LogP contribution in [-0.2, 0) is 6.42 Å². The van der Waals surface area contributed by atoms with Crippen molar-refractivity contribution in [3.8, 4) is 0 Å². The Hall–Kier alpha value is -1.55. The van der Waals surface area contributed by atoms with Gasteiger partial charge in [0.25, 0.3) is 0 Å². The predicted octanol–water partition coefficient (Wildman–Crippen LogP) is 3.30. The molecule has 2 aromatic rings. The first-order chi connectivity index (χ1) is 9.31. The zero-order valence-electron chi connectivity index (χ0n) is 11.0. The number of benzene rings is 1. The first-order valence-corrected chi connectivity index (χ1v) is 7.46. The average molecular weight is 271 g/mol. The second-order valence-corrected chi connectivity index (χ2v) is 6.13. The summed E-state index contributed by atoms with van der Waals surface area (Å²) in [6, 6.07) is 8.56. The van der Waals surface area contributed by atoms with Gasteiger partial charge in [-0.15, -0.1) is 0 Å². The molecule has 1 N–H and O–H groups in total. The maximum Gasteiger partial charge on any atom is 0.187 e. The molecule has 0 saturated heterocycles. The van der Waals surface area contributed by atoms with E-state index in [0.29, 0.717) is 5.25 Å². The number of para-hydroxylation sites is 1. The van der Waals surface area contributed by atoms with Crippen molar-refractivity contribution in [2.45, 2.75) is 30.2 Å². The van der Waals surface area contributed by atoms with Crippen molar-refractivity contribution in [3.05, 3.63) is 47.8 Å². The zero-order chi connectivity index (χ0) is 13.1. The zero-order valence-corrected chi connectivity index (χ0v) is 11.8. The molecular formula is C15H17N3S. The second-order valence-electron chi connectivity index (χ2n) is 4.86. The molecule has 3 nitrogen and oxygen atoms in total. The van der Waals surface area contributed by atoms with Gasteiger partial charge in [-0.3, -0.25) is 0 Å². The van der Waals surface area contributed by atoms with Crippen LogP contribution in [0.3, 0.4) is 0 Å². The number of hydrogen-bond donors (Lipinski definition) is 1. The smallest absolute Gasteiger partial charge is 0.187 e. The molecule has 1 aromatic heterocycles. The number of hydrogen-bond acceptors (Lipinski definition) is 4. The van der Waals surface area contributed by atoms with E-state index in [1.807, 2.05) is 19.3 Å². The molecule has 0 spiro atoms. The number of aryl methyl sites for hydroxylation is 2. The third-order valence-corrected chi connectivity index (χ3v) is 4.46. The molecule has 1 aliphatic rings. The molecule has 0 radical (unpaired) electrons. The summed E-state index contributed by atoms with van der Waals surface area (Å²) in [7, 11) is 0. The molecule has 0 bridgehead atoms. The summed E-state index contributed by atoms with van der Waals surface area (Å²) < 4.78 is 0. The third-order valence-electron chi connectivity index (χ3n) is 3.30. The Morgan fingerprint density at radius 1 is 1.21 bits per heavy atom. The van der Waals surface area contributed by atoms with Gasteiger partial charge in [0.05, 0.1) is 0 Å². The summed E-state index contributed by atoms with van der Waals surface area (Å²) in [5.41, 5.74) is 3.79. The van der Waals surface area contributed by atoms with E-state index in [9.17, 15) is 0 Å². The lowest BCUT2D eigenvalue weighted by atomic mass is 10.1. The summed E-state index contributed by atoms with van der Waals surface area (Å²) >= 11 is 1.77. The fraction of sp³-hybridized carbons (Fsp3) is 0.333. The van der Waals surface area contributed by atoms with E-state index in [0.717, 1.165) is 30.1 Å². The SMILES string of the molecule is Cc1cnc(SC2CCc3ccccc3NC2)nc1. The van der Waals surface area contributed by atoms with Crippen molar-refractivity contribution >= 4 is 17.4 Å². The Morgan fingerprint density at radius 3 is 2.84 bits per heavy atom. The topological polar surface area (TPSA) is 37.8 Å². The van der Waals surface area contributed by atoms with Crippen LogP contribution in [-0.4, -0.2) is 21.8 Å². The van der Waals surface area contributed by atoms with Gasteiger partial charge in [-0.25, -0.2) is 9.97 Å². The van der Waals surface area contributed by atoms with Gasteiger partial charge in [-0.1, -0.05) is 30.0 Å². The molecule has 1 aromatic carbocycles. The molecule has 4 heteroatoms. The predicted molar refractivity (Wildman–Crippen MR) is 79.7 cm³/mol. The quantitative estimate of drug-likeness (QED) is 0.850. The van der Waals surface area contributed by atoms with Crippen LogP contribution in [0.4, 0.5) is 5.69 Å². The fourth-order valence-corrected chi connectivity index (χ4v) is 3.17. The van der Waals surface area contributed by atoms with Crippen molar-refractivity contribution in [1.82, 2.24) is 9.97 Å². The minimum Gasteiger partial charge on any atom is -0.384 e. The highest BCUT2D eigenvalue weighted by Crippen LogP contribution is 2.28. The van der Waals surface area contributed by atoms with E-state index >= 15 is 0 Å². The standard InChI is InChI=1S/C15H17N3S/c1-11-8-17-15(18-9-11)19-13-7-6-12-4-2-3-5-14(12)16-10-13/h2-5,8-9,13,16H,6-7,10H2,1H3. The Morgan fingerprint density at radius 2 is 2.00 bits per heavy atom. The van der Waals surface area contributed by atoms with E-state index in [1.165, 1.54) is 11.3 Å². The molecule has 0 saturated carbocycles. The lowest BCUT2D eigenvalue weighted by Gasteiger charge is -2.12. The summed E-state index contributed by atoms with van der Waals surface area (Å²) in [6.07, 6.45) is 6.04. The van der Waals surface area contributed by atoms with Crippen LogP contribution < -0.4 is 5.32 Å². The van der Waals surface area contributed by atoms with Gasteiger partial charge in [0.15, 0.2) is 5.16 Å². The number of anilines is 1. The molecular weight excluding hydrogens is 254 g/mol. The fourth-order valence-electron chi connectivity index (χ4n) is 2.24. The van der Waals surface area contributed by atoms with Crippen LogP contribution >= 0.6 is 11.8 Å². The summed E-state index contributed by atoms with van der Waals surface area (Å²) in [6.45, 7) is 2.98. The van der Waals surface area contributed by atoms with Crippen molar-refractivity contribution in [2.24, 2.45) is 0 Å². The van der Waals surface area contributed by atoms with Crippen molar-refractivity contribution in [1.29, 1.82) is 0 Å². The lowest BCUT2D eigenvalue weighted by Crippen LogP contribution is -2.15. The molecule has 1 atom stereocenters. The molecule has 2 heterocycles. The van der Waals surface area contributed by atoms with E-state index in [4.69, 9.17) is 0 Å². The highest BCUT2D eigenvalue weighted by Gasteiger charge is 2.17. The van der Waals surface area contributed by atoms with E-state index in [-0.39, 0.29) is 0 Å². The molecule has 0 fully saturated rings. The summed E-state index contributed by atoms with van der Waals surface area (Å²) in [5, 5.41) is 4.93. The van der Waals surface area contributed by atoms with Crippen LogP contribution in [0.1, 0.15) is 17.5 Å². The third kappa shape index (κ3) is 3.07. The summed E-state index contributed by atoms with van der Waals surface area (Å²) in [5.74, 6) is 0. The lowest BCUT2D eigenvalue weighted by molar-refractivity contribution is 0.796. The van der Waals surface area contributed by atoms with E-state index in [2.05, 4.69) is 39.6 Å². The Bertz CT molecular complexity index is 527. The largest absolute Gasteiger partial charge is 0.384 e. The molecule has 1 aliphatic heterocycles. The molecule has 3 rings (SSSR count). The van der Waals surface area contributed by atoms with Gasteiger partial charge in [-0.05, 0) is 37.0 Å². The van der Waals surface area contributed by atoms with Crippen molar-refractivity contribution in [2.75, 3.05) is 11.9 Å². The molecule has 1 unspecified atom stereocenters. The first-order valence-electron chi connectivity index (χ1n) is 6.58. The maximum absolute atomic E-state index is 4.38. The molecule has 19 heavy (non-hydrogen) atoms. The van der Waals surface area contributed by atoms with Crippen LogP contribution in [0.5, 0.6) is 0 Å².